The molecule has 0 saturated carbocycles. The van der Waals surface area contributed by atoms with Gasteiger partial charge in [0.1, 0.15) is 11.6 Å². The monoisotopic (exact) mass is 496 g/mol. The molecule has 0 fully saturated rings. The van der Waals surface area contributed by atoms with Gasteiger partial charge in [-0.1, -0.05) is 74.5 Å². The summed E-state index contributed by atoms with van der Waals surface area (Å²) in [5.41, 5.74) is 9.27. The van der Waals surface area contributed by atoms with Crippen LogP contribution in [0.5, 0.6) is 5.75 Å². The van der Waals surface area contributed by atoms with E-state index in [4.69, 9.17) is 9.72 Å². The van der Waals surface area contributed by atoms with Crippen molar-refractivity contribution >= 4 is 0 Å². The fourth-order valence-electron chi connectivity index (χ4n) is 4.96. The third kappa shape index (κ3) is 6.64. The molecule has 4 rings (SSSR count). The molecule has 0 saturated heterocycles. The highest BCUT2D eigenvalue weighted by Crippen LogP contribution is 2.33. The van der Waals surface area contributed by atoms with Gasteiger partial charge in [0.25, 0.3) is 0 Å². The quantitative estimate of drug-likeness (QED) is 0.214. The standard InChI is InChI=1S/C33H37FN2O/c1-5-27-13-10-14-28(6-2)33(27)31-21-32(37-4)30(24(3)35-31)23-36(20-19-25-11-8-7-9-12-25)22-26-15-17-29(34)18-16-26/h7-18,21H,5-6,19-20,22-23H2,1-4H3. The van der Waals surface area contributed by atoms with Crippen LogP contribution < -0.4 is 4.74 Å². The fourth-order valence-corrected chi connectivity index (χ4v) is 4.96. The number of aromatic nitrogens is 1. The maximum absolute atomic E-state index is 13.5. The zero-order valence-electron chi connectivity index (χ0n) is 22.4. The second kappa shape index (κ2) is 12.6. The van der Waals surface area contributed by atoms with Crippen LogP contribution >= 0.6 is 0 Å². The first-order valence-corrected chi connectivity index (χ1v) is 13.2. The summed E-state index contributed by atoms with van der Waals surface area (Å²) < 4.78 is 19.5. The molecule has 0 bridgehead atoms. The number of benzene rings is 3. The maximum atomic E-state index is 13.5. The molecule has 3 nitrogen and oxygen atoms in total. The first-order valence-electron chi connectivity index (χ1n) is 13.2. The second-order valence-corrected chi connectivity index (χ2v) is 9.50. The molecule has 0 spiro atoms. The number of nitrogens with zero attached hydrogens (tertiary/aromatic N) is 2. The molecular formula is C33H37FN2O. The molecule has 4 heteroatoms. The Morgan fingerprint density at radius 1 is 0.811 bits per heavy atom. The molecule has 4 aromatic rings. The van der Waals surface area contributed by atoms with Gasteiger partial charge in [0, 0.05) is 42.5 Å². The summed E-state index contributed by atoms with van der Waals surface area (Å²) >= 11 is 0. The number of aryl methyl sites for hydroxylation is 3. The lowest BCUT2D eigenvalue weighted by Gasteiger charge is -2.25. The minimum atomic E-state index is -0.212. The third-order valence-corrected chi connectivity index (χ3v) is 7.03. The summed E-state index contributed by atoms with van der Waals surface area (Å²) in [5.74, 6) is 0.648. The lowest BCUT2D eigenvalue weighted by atomic mass is 9.94. The minimum Gasteiger partial charge on any atom is -0.496 e. The van der Waals surface area contributed by atoms with Crippen LogP contribution in [0.25, 0.3) is 11.3 Å². The van der Waals surface area contributed by atoms with Gasteiger partial charge in [0.05, 0.1) is 12.8 Å². The van der Waals surface area contributed by atoms with E-state index in [-0.39, 0.29) is 5.82 Å². The van der Waals surface area contributed by atoms with E-state index >= 15 is 0 Å². The van der Waals surface area contributed by atoms with Gasteiger partial charge in [-0.05, 0) is 60.6 Å². The molecule has 0 aliphatic carbocycles. The summed E-state index contributed by atoms with van der Waals surface area (Å²) in [6.45, 7) is 8.74. The predicted octanol–water partition coefficient (Wildman–Crippen LogP) is 7.57. The Balaban J connectivity index is 1.67. The van der Waals surface area contributed by atoms with E-state index in [0.717, 1.165) is 60.6 Å². The number of rotatable bonds is 11. The SMILES string of the molecule is CCc1cccc(CC)c1-c1cc(OC)c(CN(CCc2ccccc2)Cc2ccc(F)cc2)c(C)n1. The number of pyridine rings is 1. The van der Waals surface area contributed by atoms with Gasteiger partial charge in [-0.15, -0.1) is 0 Å². The summed E-state index contributed by atoms with van der Waals surface area (Å²) in [4.78, 5) is 7.50. The number of halogens is 1. The molecule has 0 N–H and O–H groups in total. The Morgan fingerprint density at radius 3 is 2.11 bits per heavy atom. The zero-order chi connectivity index (χ0) is 26.2. The molecule has 1 aromatic heterocycles. The van der Waals surface area contributed by atoms with Crippen molar-refractivity contribution in [3.63, 3.8) is 0 Å². The molecular weight excluding hydrogens is 459 g/mol. The Bertz CT molecular complexity index is 1280. The molecule has 0 aliphatic heterocycles. The van der Waals surface area contributed by atoms with E-state index in [1.807, 2.05) is 18.2 Å². The summed E-state index contributed by atoms with van der Waals surface area (Å²) in [5, 5.41) is 0. The number of hydrogen-bond acceptors (Lipinski definition) is 3. The Labute approximate surface area is 221 Å². The highest BCUT2D eigenvalue weighted by atomic mass is 19.1. The first kappa shape index (κ1) is 26.6. The number of hydrogen-bond donors (Lipinski definition) is 0. The molecule has 192 valence electrons. The van der Waals surface area contributed by atoms with Crippen LogP contribution in [0.4, 0.5) is 4.39 Å². The summed E-state index contributed by atoms with van der Waals surface area (Å²) in [6, 6.07) is 25.9. The van der Waals surface area contributed by atoms with Gasteiger partial charge in [-0.3, -0.25) is 9.88 Å². The van der Waals surface area contributed by atoms with E-state index in [1.54, 1.807) is 7.11 Å². The van der Waals surface area contributed by atoms with Gasteiger partial charge in [-0.2, -0.15) is 0 Å². The Morgan fingerprint density at radius 2 is 1.49 bits per heavy atom. The lowest BCUT2D eigenvalue weighted by molar-refractivity contribution is 0.254. The fraction of sp³-hybridized carbons (Fsp3) is 0.303. The molecule has 37 heavy (non-hydrogen) atoms. The van der Waals surface area contributed by atoms with Gasteiger partial charge < -0.3 is 4.74 Å². The zero-order valence-corrected chi connectivity index (χ0v) is 22.4. The molecule has 0 amide bonds. The lowest BCUT2D eigenvalue weighted by Crippen LogP contribution is -2.26. The number of methoxy groups -OCH3 is 1. The van der Waals surface area contributed by atoms with Crippen molar-refractivity contribution < 1.29 is 9.13 Å². The van der Waals surface area contributed by atoms with Crippen LogP contribution in [-0.4, -0.2) is 23.5 Å². The van der Waals surface area contributed by atoms with E-state index in [1.165, 1.54) is 34.4 Å². The van der Waals surface area contributed by atoms with Crippen molar-refractivity contribution in [2.45, 2.75) is 53.1 Å². The van der Waals surface area contributed by atoms with Crippen molar-refractivity contribution in [2.24, 2.45) is 0 Å². The first-order chi connectivity index (χ1) is 18.0. The number of ether oxygens (including phenoxy) is 1. The van der Waals surface area contributed by atoms with Crippen molar-refractivity contribution in [2.75, 3.05) is 13.7 Å². The van der Waals surface area contributed by atoms with Crippen LogP contribution in [-0.2, 0) is 32.4 Å². The van der Waals surface area contributed by atoms with Crippen molar-refractivity contribution in [1.82, 2.24) is 9.88 Å². The van der Waals surface area contributed by atoms with Crippen LogP contribution in [0.2, 0.25) is 0 Å². The molecule has 1 heterocycles. The highest BCUT2D eigenvalue weighted by molar-refractivity contribution is 5.70. The molecule has 0 unspecified atom stereocenters. The van der Waals surface area contributed by atoms with Crippen molar-refractivity contribution in [3.8, 4) is 17.0 Å². The molecule has 0 atom stereocenters. The summed E-state index contributed by atoms with van der Waals surface area (Å²) in [7, 11) is 1.74. The van der Waals surface area contributed by atoms with Crippen LogP contribution in [0, 0.1) is 12.7 Å². The van der Waals surface area contributed by atoms with Crippen LogP contribution in [0.3, 0.4) is 0 Å². The van der Waals surface area contributed by atoms with Gasteiger partial charge in [0.2, 0.25) is 0 Å². The normalized spacial score (nSPS) is 11.2. The van der Waals surface area contributed by atoms with E-state index in [2.05, 4.69) is 74.2 Å². The molecule has 3 aromatic carbocycles. The van der Waals surface area contributed by atoms with Gasteiger partial charge in [0.15, 0.2) is 0 Å². The largest absolute Gasteiger partial charge is 0.496 e. The summed E-state index contributed by atoms with van der Waals surface area (Å²) in [6.07, 6.45) is 2.84. The average molecular weight is 497 g/mol. The topological polar surface area (TPSA) is 25.4 Å². The third-order valence-electron chi connectivity index (χ3n) is 7.03. The molecule has 0 radical (unpaired) electrons. The maximum Gasteiger partial charge on any atom is 0.127 e. The molecule has 0 aliphatic rings. The Kier molecular flexibility index (Phi) is 9.08. The van der Waals surface area contributed by atoms with E-state index in [9.17, 15) is 4.39 Å². The van der Waals surface area contributed by atoms with Crippen molar-refractivity contribution in [1.29, 1.82) is 0 Å². The van der Waals surface area contributed by atoms with Crippen LogP contribution in [0.1, 0.15) is 47.4 Å². The minimum absolute atomic E-state index is 0.212. The van der Waals surface area contributed by atoms with E-state index < -0.39 is 0 Å². The van der Waals surface area contributed by atoms with Crippen molar-refractivity contribution in [3.05, 3.63) is 118 Å². The van der Waals surface area contributed by atoms with E-state index in [0.29, 0.717) is 6.54 Å². The second-order valence-electron chi connectivity index (χ2n) is 9.50. The highest BCUT2D eigenvalue weighted by Gasteiger charge is 2.18. The van der Waals surface area contributed by atoms with Gasteiger partial charge >= 0.3 is 0 Å². The average Bonchev–Trinajstić information content (AvgIpc) is 2.93. The predicted molar refractivity (Wildman–Crippen MR) is 150 cm³/mol. The van der Waals surface area contributed by atoms with Gasteiger partial charge in [-0.25, -0.2) is 4.39 Å². The smallest absolute Gasteiger partial charge is 0.127 e. The van der Waals surface area contributed by atoms with Crippen LogP contribution in [0.15, 0.2) is 78.9 Å². The Hall–Kier alpha value is -3.50.